The largest absolute Gasteiger partial charge is 0.293 e. The second-order valence-electron chi connectivity index (χ2n) is 3.00. The summed E-state index contributed by atoms with van der Waals surface area (Å²) in [4.78, 5) is 14.8. The highest BCUT2D eigenvalue weighted by molar-refractivity contribution is 9.18. The summed E-state index contributed by atoms with van der Waals surface area (Å²) >= 11 is 2.83. The number of carbonyl (C=O) groups is 1. The van der Waals surface area contributed by atoms with Gasteiger partial charge in [-0.1, -0.05) is 30.3 Å². The number of carbonyl (C=O) groups excluding carboxylic acids is 1. The third kappa shape index (κ3) is 5.22. The molecule has 0 fully saturated rings. The lowest BCUT2D eigenvalue weighted by atomic mass is 10.1. The fourth-order valence-corrected chi connectivity index (χ4v) is 1.21. The van der Waals surface area contributed by atoms with E-state index in [0.717, 1.165) is 5.56 Å². The molecule has 1 N–H and O–H groups in total. The number of nitrogens with one attached hydrogen (secondary N) is 1. The van der Waals surface area contributed by atoms with E-state index in [1.165, 1.54) is 6.21 Å². The van der Waals surface area contributed by atoms with Crippen LogP contribution >= 0.6 is 15.9 Å². The highest BCUT2D eigenvalue weighted by Gasteiger charge is 1.99. The van der Waals surface area contributed by atoms with Gasteiger partial charge in [-0.05, 0) is 27.9 Å². The SMILES string of the molecule is N=C(Br)N=CC(=O)CCc1ccccc1. The molecule has 15 heavy (non-hydrogen) atoms. The van der Waals surface area contributed by atoms with Gasteiger partial charge in [0.05, 0.1) is 6.21 Å². The molecule has 0 bridgehead atoms. The molecule has 0 aromatic heterocycles. The van der Waals surface area contributed by atoms with Crippen LogP contribution in [0.4, 0.5) is 0 Å². The number of aliphatic imine (C=N–C) groups is 1. The molecular formula is C11H11BrN2O. The van der Waals surface area contributed by atoms with Gasteiger partial charge >= 0.3 is 0 Å². The van der Waals surface area contributed by atoms with Crippen molar-refractivity contribution in [2.45, 2.75) is 12.8 Å². The van der Waals surface area contributed by atoms with Crippen LogP contribution in [-0.4, -0.2) is 16.7 Å². The lowest BCUT2D eigenvalue weighted by Crippen LogP contribution is -2.02. The number of halogens is 1. The summed E-state index contributed by atoms with van der Waals surface area (Å²) in [6.45, 7) is 0. The van der Waals surface area contributed by atoms with Crippen molar-refractivity contribution in [3.63, 3.8) is 0 Å². The van der Waals surface area contributed by atoms with Gasteiger partial charge in [0.25, 0.3) is 0 Å². The molecule has 0 saturated carbocycles. The smallest absolute Gasteiger partial charge is 0.189 e. The van der Waals surface area contributed by atoms with E-state index in [1.54, 1.807) is 0 Å². The lowest BCUT2D eigenvalue weighted by molar-refractivity contribution is -0.112. The number of Topliss-reactive ketones (excluding diaryl/α,β-unsaturated/α-hetero) is 1. The predicted molar refractivity (Wildman–Crippen MR) is 64.9 cm³/mol. The Morgan fingerprint density at radius 1 is 1.40 bits per heavy atom. The van der Waals surface area contributed by atoms with E-state index >= 15 is 0 Å². The van der Waals surface area contributed by atoms with E-state index in [9.17, 15) is 4.79 Å². The molecule has 0 aliphatic rings. The number of benzene rings is 1. The zero-order valence-corrected chi connectivity index (χ0v) is 9.70. The molecule has 3 nitrogen and oxygen atoms in total. The highest BCUT2D eigenvalue weighted by Crippen LogP contribution is 2.02. The Labute approximate surface area is 96.9 Å². The normalized spacial score (nSPS) is 10.5. The van der Waals surface area contributed by atoms with Crippen molar-refractivity contribution in [1.29, 1.82) is 5.41 Å². The third-order valence-electron chi connectivity index (χ3n) is 1.82. The molecule has 4 heteroatoms. The van der Waals surface area contributed by atoms with E-state index in [0.29, 0.717) is 12.8 Å². The molecule has 1 rings (SSSR count). The minimum Gasteiger partial charge on any atom is -0.293 e. The van der Waals surface area contributed by atoms with Crippen LogP contribution in [0.2, 0.25) is 0 Å². The van der Waals surface area contributed by atoms with Crippen LogP contribution < -0.4 is 0 Å². The molecule has 0 saturated heterocycles. The number of ketones is 1. The zero-order valence-electron chi connectivity index (χ0n) is 8.11. The summed E-state index contributed by atoms with van der Waals surface area (Å²) < 4.78 is -0.0319. The van der Waals surface area contributed by atoms with Crippen molar-refractivity contribution in [2.75, 3.05) is 0 Å². The minimum absolute atomic E-state index is 0.0319. The maximum Gasteiger partial charge on any atom is 0.189 e. The fourth-order valence-electron chi connectivity index (χ4n) is 1.11. The van der Waals surface area contributed by atoms with Crippen LogP contribution in [-0.2, 0) is 11.2 Å². The topological polar surface area (TPSA) is 53.3 Å². The number of hydrogen-bond acceptors (Lipinski definition) is 2. The quantitative estimate of drug-likeness (QED) is 0.509. The monoisotopic (exact) mass is 266 g/mol. The van der Waals surface area contributed by atoms with Crippen LogP contribution in [0.15, 0.2) is 35.3 Å². The van der Waals surface area contributed by atoms with Gasteiger partial charge < -0.3 is 0 Å². The molecule has 0 amide bonds. The number of aryl methyl sites for hydroxylation is 1. The third-order valence-corrected chi connectivity index (χ3v) is 2.03. The van der Waals surface area contributed by atoms with Crippen LogP contribution in [0, 0.1) is 5.41 Å². The van der Waals surface area contributed by atoms with Gasteiger partial charge in [0.15, 0.2) is 10.5 Å². The molecule has 1 aromatic rings. The van der Waals surface area contributed by atoms with E-state index in [1.807, 2.05) is 30.3 Å². The van der Waals surface area contributed by atoms with Gasteiger partial charge in [-0.3, -0.25) is 10.2 Å². The summed E-state index contributed by atoms with van der Waals surface area (Å²) in [5.74, 6) is -0.0666. The van der Waals surface area contributed by atoms with E-state index < -0.39 is 0 Å². The molecule has 0 atom stereocenters. The van der Waals surface area contributed by atoms with E-state index in [2.05, 4.69) is 20.9 Å². The van der Waals surface area contributed by atoms with Crippen molar-refractivity contribution in [1.82, 2.24) is 0 Å². The van der Waals surface area contributed by atoms with Crippen LogP contribution in [0.5, 0.6) is 0 Å². The maximum atomic E-state index is 11.3. The van der Waals surface area contributed by atoms with Gasteiger partial charge in [-0.15, -0.1) is 0 Å². The Balaban J connectivity index is 2.38. The van der Waals surface area contributed by atoms with Gasteiger partial charge in [-0.2, -0.15) is 0 Å². The molecular weight excluding hydrogens is 256 g/mol. The van der Waals surface area contributed by atoms with Crippen molar-refractivity contribution in [3.05, 3.63) is 35.9 Å². The summed E-state index contributed by atoms with van der Waals surface area (Å²) in [6.07, 6.45) is 2.31. The Bertz CT molecular complexity index is 373. The fraction of sp³-hybridized carbons (Fsp3) is 0.182. The van der Waals surface area contributed by atoms with Crippen molar-refractivity contribution < 1.29 is 4.79 Å². The Hall–Kier alpha value is -1.29. The van der Waals surface area contributed by atoms with Crippen LogP contribution in [0.1, 0.15) is 12.0 Å². The van der Waals surface area contributed by atoms with E-state index in [-0.39, 0.29) is 10.5 Å². The molecule has 0 unspecified atom stereocenters. The Morgan fingerprint density at radius 2 is 2.07 bits per heavy atom. The first-order valence-corrected chi connectivity index (χ1v) is 5.32. The molecule has 0 heterocycles. The van der Waals surface area contributed by atoms with Crippen molar-refractivity contribution >= 4 is 32.7 Å². The number of amidine groups is 1. The number of hydrogen-bond donors (Lipinski definition) is 1. The molecule has 0 spiro atoms. The van der Waals surface area contributed by atoms with Gasteiger partial charge in [-0.25, -0.2) is 4.99 Å². The lowest BCUT2D eigenvalue weighted by Gasteiger charge is -1.97. The van der Waals surface area contributed by atoms with Gasteiger partial charge in [0, 0.05) is 6.42 Å². The molecule has 0 aliphatic heterocycles. The Kier molecular flexibility index (Phi) is 4.90. The van der Waals surface area contributed by atoms with Gasteiger partial charge in [0.1, 0.15) is 0 Å². The van der Waals surface area contributed by atoms with Crippen molar-refractivity contribution in [3.8, 4) is 0 Å². The average Bonchev–Trinajstić information content (AvgIpc) is 2.25. The van der Waals surface area contributed by atoms with E-state index in [4.69, 9.17) is 5.41 Å². The van der Waals surface area contributed by atoms with Gasteiger partial charge in [0.2, 0.25) is 0 Å². The van der Waals surface area contributed by atoms with Crippen LogP contribution in [0.25, 0.3) is 0 Å². The highest BCUT2D eigenvalue weighted by atomic mass is 79.9. The predicted octanol–water partition coefficient (Wildman–Crippen LogP) is 2.59. The summed E-state index contributed by atoms with van der Waals surface area (Å²) in [5.41, 5.74) is 1.13. The first-order valence-electron chi connectivity index (χ1n) is 4.53. The first-order chi connectivity index (χ1) is 7.18. The number of nitrogens with zero attached hydrogens (tertiary/aromatic N) is 1. The summed E-state index contributed by atoms with van der Waals surface area (Å²) in [7, 11) is 0. The number of rotatable bonds is 4. The molecule has 78 valence electrons. The zero-order chi connectivity index (χ0) is 11.1. The first kappa shape index (κ1) is 11.8. The van der Waals surface area contributed by atoms with Crippen molar-refractivity contribution in [2.24, 2.45) is 4.99 Å². The molecule has 0 aliphatic carbocycles. The second-order valence-corrected chi connectivity index (χ2v) is 3.75. The summed E-state index contributed by atoms with van der Waals surface area (Å²) in [5, 5.41) is 6.95. The average molecular weight is 267 g/mol. The summed E-state index contributed by atoms with van der Waals surface area (Å²) in [6, 6.07) is 9.80. The maximum absolute atomic E-state index is 11.3. The Morgan fingerprint density at radius 3 is 2.67 bits per heavy atom. The standard InChI is InChI=1S/C11H11BrN2O/c12-11(13)14-8-10(15)7-6-9-4-2-1-3-5-9/h1-5,8,13H,6-7H2. The molecule has 1 aromatic carbocycles. The van der Waals surface area contributed by atoms with Crippen LogP contribution in [0.3, 0.4) is 0 Å². The molecule has 0 radical (unpaired) electrons. The second kappa shape index (κ2) is 6.24. The minimum atomic E-state index is -0.0666.